The summed E-state index contributed by atoms with van der Waals surface area (Å²) in [6, 6.07) is 2.67. The maximum Gasteiger partial charge on any atom is 0.220 e. The van der Waals surface area contributed by atoms with Gasteiger partial charge in [0.1, 0.15) is 5.82 Å². The van der Waals surface area contributed by atoms with E-state index in [4.69, 9.17) is 10.1 Å². The first kappa shape index (κ1) is 18.3. The lowest BCUT2D eigenvalue weighted by molar-refractivity contribution is -0.121. The number of carbonyl (C=O) groups is 1. The molecule has 146 valence electrons. The normalized spacial score (nSPS) is 18.3. The molecule has 0 radical (unpaired) electrons. The number of aryl methyl sites for hydroxylation is 3. The van der Waals surface area contributed by atoms with Crippen molar-refractivity contribution in [2.24, 2.45) is 5.92 Å². The Kier molecular flexibility index (Phi) is 5.06. The van der Waals surface area contributed by atoms with Crippen LogP contribution in [0.25, 0.3) is 5.65 Å². The molecule has 0 unspecified atom stereocenters. The predicted octanol–water partition coefficient (Wildman–Crippen LogP) is 3.18. The fraction of sp³-hybridized carbons (Fsp3) is 0.667. The predicted molar refractivity (Wildman–Crippen MR) is 107 cm³/mol. The van der Waals surface area contributed by atoms with Crippen LogP contribution in [0, 0.1) is 19.8 Å². The summed E-state index contributed by atoms with van der Waals surface area (Å²) in [5, 5.41) is 7.84. The molecular formula is C21H31N5O. The summed E-state index contributed by atoms with van der Waals surface area (Å²) in [7, 11) is 0. The molecule has 1 saturated heterocycles. The van der Waals surface area contributed by atoms with Crippen molar-refractivity contribution in [3.05, 3.63) is 23.0 Å². The van der Waals surface area contributed by atoms with Gasteiger partial charge in [-0.15, -0.1) is 0 Å². The van der Waals surface area contributed by atoms with Crippen LogP contribution in [-0.2, 0) is 11.2 Å². The van der Waals surface area contributed by atoms with Gasteiger partial charge in [-0.05, 0) is 58.3 Å². The Bertz CT molecular complexity index is 831. The highest BCUT2D eigenvalue weighted by Gasteiger charge is 2.25. The first-order chi connectivity index (χ1) is 13.0. The third-order valence-corrected chi connectivity index (χ3v) is 6.11. The van der Waals surface area contributed by atoms with Gasteiger partial charge in [0.05, 0.1) is 5.69 Å². The highest BCUT2D eigenvalue weighted by Crippen LogP contribution is 2.28. The fourth-order valence-electron chi connectivity index (χ4n) is 3.98. The standard InChI is InChI=1S/C21H31N5O/c1-4-17-13-20(26-21(23-17)14(2)15(3)24-26)25-11-9-16(10-12-25)5-8-19(27)22-18-6-7-18/h13,16,18H,4-12H2,1-3H3,(H,22,27). The van der Waals surface area contributed by atoms with Gasteiger partial charge < -0.3 is 10.2 Å². The van der Waals surface area contributed by atoms with Crippen LogP contribution in [0.5, 0.6) is 0 Å². The highest BCUT2D eigenvalue weighted by atomic mass is 16.1. The Balaban J connectivity index is 1.41. The van der Waals surface area contributed by atoms with Crippen LogP contribution in [0.15, 0.2) is 6.07 Å². The number of aromatic nitrogens is 3. The van der Waals surface area contributed by atoms with E-state index in [1.165, 1.54) is 5.56 Å². The SMILES string of the molecule is CCc1cc(N2CCC(CCC(=O)NC3CC3)CC2)n2nc(C)c(C)c2n1. The van der Waals surface area contributed by atoms with Gasteiger partial charge in [-0.1, -0.05) is 6.92 Å². The molecule has 1 N–H and O–H groups in total. The summed E-state index contributed by atoms with van der Waals surface area (Å²) in [4.78, 5) is 19.2. The second-order valence-electron chi connectivity index (χ2n) is 8.22. The van der Waals surface area contributed by atoms with Gasteiger partial charge in [-0.3, -0.25) is 4.79 Å². The number of fused-ring (bicyclic) bond motifs is 1. The van der Waals surface area contributed by atoms with Crippen molar-refractivity contribution in [3.8, 4) is 0 Å². The number of rotatable bonds is 6. The first-order valence-electron chi connectivity index (χ1n) is 10.4. The topological polar surface area (TPSA) is 62.5 Å². The molecule has 2 fully saturated rings. The van der Waals surface area contributed by atoms with Crippen LogP contribution >= 0.6 is 0 Å². The van der Waals surface area contributed by atoms with Crippen molar-refractivity contribution in [2.75, 3.05) is 18.0 Å². The molecule has 4 rings (SSSR count). The largest absolute Gasteiger partial charge is 0.356 e. The lowest BCUT2D eigenvalue weighted by Crippen LogP contribution is -2.35. The van der Waals surface area contributed by atoms with Crippen molar-refractivity contribution >= 4 is 17.4 Å². The van der Waals surface area contributed by atoms with E-state index in [1.54, 1.807) is 0 Å². The third-order valence-electron chi connectivity index (χ3n) is 6.11. The molecule has 0 atom stereocenters. The summed E-state index contributed by atoms with van der Waals surface area (Å²) < 4.78 is 2.02. The zero-order chi connectivity index (χ0) is 19.0. The van der Waals surface area contributed by atoms with Gasteiger partial charge in [0.15, 0.2) is 5.65 Å². The fourth-order valence-corrected chi connectivity index (χ4v) is 3.98. The van der Waals surface area contributed by atoms with Crippen LogP contribution in [0.3, 0.4) is 0 Å². The van der Waals surface area contributed by atoms with E-state index in [-0.39, 0.29) is 5.91 Å². The smallest absolute Gasteiger partial charge is 0.220 e. The molecule has 6 heteroatoms. The zero-order valence-electron chi connectivity index (χ0n) is 16.8. The van der Waals surface area contributed by atoms with Crippen LogP contribution in [0.4, 0.5) is 5.82 Å². The van der Waals surface area contributed by atoms with Crippen LogP contribution < -0.4 is 10.2 Å². The average molecular weight is 370 g/mol. The number of piperidine rings is 1. The molecule has 6 nitrogen and oxygen atoms in total. The Morgan fingerprint density at radius 3 is 2.63 bits per heavy atom. The van der Waals surface area contributed by atoms with Crippen LogP contribution in [0.1, 0.15) is 62.4 Å². The second-order valence-corrected chi connectivity index (χ2v) is 8.22. The van der Waals surface area contributed by atoms with Gasteiger partial charge in [-0.2, -0.15) is 9.61 Å². The first-order valence-corrected chi connectivity index (χ1v) is 10.4. The lowest BCUT2D eigenvalue weighted by Gasteiger charge is -2.33. The molecule has 1 amide bonds. The molecule has 27 heavy (non-hydrogen) atoms. The van der Waals surface area contributed by atoms with Gasteiger partial charge in [-0.25, -0.2) is 4.98 Å². The molecular weight excluding hydrogens is 338 g/mol. The van der Waals surface area contributed by atoms with E-state index < -0.39 is 0 Å². The monoisotopic (exact) mass is 369 g/mol. The van der Waals surface area contributed by atoms with Crippen molar-refractivity contribution in [1.82, 2.24) is 19.9 Å². The Morgan fingerprint density at radius 1 is 1.22 bits per heavy atom. The number of anilines is 1. The molecule has 3 heterocycles. The van der Waals surface area contributed by atoms with Crippen molar-refractivity contribution in [2.45, 2.75) is 71.8 Å². The number of nitrogens with zero attached hydrogens (tertiary/aromatic N) is 4. The summed E-state index contributed by atoms with van der Waals surface area (Å²) in [6.45, 7) is 8.36. The summed E-state index contributed by atoms with van der Waals surface area (Å²) >= 11 is 0. The molecule has 2 aromatic rings. The van der Waals surface area contributed by atoms with E-state index in [0.29, 0.717) is 18.4 Å². The molecule has 1 saturated carbocycles. The summed E-state index contributed by atoms with van der Waals surface area (Å²) in [5.74, 6) is 2.05. The van der Waals surface area contributed by atoms with E-state index in [9.17, 15) is 4.79 Å². The van der Waals surface area contributed by atoms with E-state index >= 15 is 0 Å². The van der Waals surface area contributed by atoms with E-state index in [0.717, 1.165) is 74.5 Å². The van der Waals surface area contributed by atoms with Crippen molar-refractivity contribution in [1.29, 1.82) is 0 Å². The summed E-state index contributed by atoms with van der Waals surface area (Å²) in [6.07, 6.45) is 7.23. The number of hydrogen-bond acceptors (Lipinski definition) is 4. The lowest BCUT2D eigenvalue weighted by atomic mass is 9.92. The molecule has 1 aliphatic heterocycles. The zero-order valence-corrected chi connectivity index (χ0v) is 16.8. The Labute approximate surface area is 161 Å². The van der Waals surface area contributed by atoms with Crippen LogP contribution in [0.2, 0.25) is 0 Å². The van der Waals surface area contributed by atoms with Crippen molar-refractivity contribution < 1.29 is 4.79 Å². The van der Waals surface area contributed by atoms with Gasteiger partial charge in [0, 0.05) is 42.9 Å². The number of hydrogen-bond donors (Lipinski definition) is 1. The molecule has 0 bridgehead atoms. The Hall–Kier alpha value is -2.11. The third kappa shape index (κ3) is 3.94. The van der Waals surface area contributed by atoms with Crippen LogP contribution in [-0.4, -0.2) is 39.6 Å². The van der Waals surface area contributed by atoms with E-state index in [2.05, 4.69) is 37.1 Å². The van der Waals surface area contributed by atoms with Crippen molar-refractivity contribution in [3.63, 3.8) is 0 Å². The van der Waals surface area contributed by atoms with E-state index in [1.807, 2.05) is 4.52 Å². The molecule has 1 aliphatic carbocycles. The number of carbonyl (C=O) groups excluding carboxylic acids is 1. The molecule has 2 aromatic heterocycles. The Morgan fingerprint density at radius 2 is 1.96 bits per heavy atom. The van der Waals surface area contributed by atoms with Gasteiger partial charge >= 0.3 is 0 Å². The number of amides is 1. The quantitative estimate of drug-likeness (QED) is 0.849. The van der Waals surface area contributed by atoms with Gasteiger partial charge in [0.25, 0.3) is 0 Å². The molecule has 0 spiro atoms. The minimum atomic E-state index is 0.242. The highest BCUT2D eigenvalue weighted by molar-refractivity contribution is 5.76. The maximum absolute atomic E-state index is 11.9. The summed E-state index contributed by atoms with van der Waals surface area (Å²) in [5.41, 5.74) is 4.33. The minimum Gasteiger partial charge on any atom is -0.356 e. The molecule has 0 aromatic carbocycles. The molecule has 2 aliphatic rings. The average Bonchev–Trinajstić information content (AvgIpc) is 3.45. The van der Waals surface area contributed by atoms with Gasteiger partial charge in [0.2, 0.25) is 5.91 Å². The minimum absolute atomic E-state index is 0.242. The maximum atomic E-state index is 11.9. The second kappa shape index (κ2) is 7.49. The number of nitrogens with one attached hydrogen (secondary N) is 1.